The smallest absolute Gasteiger partial charge is 0.420 e. The second-order valence-electron chi connectivity index (χ2n) is 4.78. The van der Waals surface area contributed by atoms with Gasteiger partial charge in [-0.05, 0) is 36.4 Å². The Bertz CT molecular complexity index is 836. The molecule has 0 spiro atoms. The molecule has 7 heteroatoms. The summed E-state index contributed by atoms with van der Waals surface area (Å²) >= 11 is 10.7. The minimum absolute atomic E-state index is 0.0198. The molecule has 0 unspecified atom stereocenters. The van der Waals surface area contributed by atoms with Gasteiger partial charge in [0.1, 0.15) is 5.75 Å². The van der Waals surface area contributed by atoms with Crippen LogP contribution in [-0.2, 0) is 0 Å². The summed E-state index contributed by atoms with van der Waals surface area (Å²) in [6.07, 6.45) is 1.78. The van der Waals surface area contributed by atoms with Gasteiger partial charge in [-0.1, -0.05) is 11.6 Å². The predicted octanol–water partition coefficient (Wildman–Crippen LogP) is 5.22. The van der Waals surface area contributed by atoms with Gasteiger partial charge in [0.15, 0.2) is 6.20 Å². The SMILES string of the molecule is FC(F)(Cl)Oc1ccc(Nc2cc[nH+]c3cc(Cl)ccc23)cc1. The first-order valence-corrected chi connectivity index (χ1v) is 7.39. The van der Waals surface area contributed by atoms with Crippen molar-refractivity contribution in [1.29, 1.82) is 0 Å². The number of hydrogen-bond acceptors (Lipinski definition) is 2. The summed E-state index contributed by atoms with van der Waals surface area (Å²) in [6.45, 7) is 0. The van der Waals surface area contributed by atoms with Gasteiger partial charge in [-0.3, -0.25) is 0 Å². The maximum Gasteiger partial charge on any atom is 0.487 e. The number of ether oxygens (including phenoxy) is 1. The highest BCUT2D eigenvalue weighted by Gasteiger charge is 2.27. The minimum Gasteiger partial charge on any atom is -0.420 e. The molecule has 23 heavy (non-hydrogen) atoms. The van der Waals surface area contributed by atoms with Crippen LogP contribution in [0.15, 0.2) is 54.7 Å². The number of halogens is 4. The summed E-state index contributed by atoms with van der Waals surface area (Å²) in [5, 5.41) is 4.80. The molecule has 0 aliphatic carbocycles. The Kier molecular flexibility index (Phi) is 4.24. The second kappa shape index (κ2) is 6.18. The van der Waals surface area contributed by atoms with Crippen molar-refractivity contribution in [2.45, 2.75) is 5.57 Å². The van der Waals surface area contributed by atoms with E-state index in [4.69, 9.17) is 23.2 Å². The summed E-state index contributed by atoms with van der Waals surface area (Å²) in [5.41, 5.74) is -1.27. The third kappa shape index (κ3) is 4.00. The molecule has 2 aromatic carbocycles. The molecule has 0 saturated heterocycles. The highest BCUT2D eigenvalue weighted by molar-refractivity contribution is 6.31. The zero-order valence-corrected chi connectivity index (χ0v) is 13.1. The largest absolute Gasteiger partial charge is 0.487 e. The van der Waals surface area contributed by atoms with E-state index >= 15 is 0 Å². The average Bonchev–Trinajstić information content (AvgIpc) is 2.48. The van der Waals surface area contributed by atoms with Crippen LogP contribution < -0.4 is 15.0 Å². The van der Waals surface area contributed by atoms with Crippen molar-refractivity contribution in [3.05, 3.63) is 59.8 Å². The first kappa shape index (κ1) is 15.8. The van der Waals surface area contributed by atoms with E-state index in [0.717, 1.165) is 22.3 Å². The molecule has 3 rings (SSSR count). The normalized spacial score (nSPS) is 11.5. The Morgan fingerprint density at radius 2 is 1.78 bits per heavy atom. The highest BCUT2D eigenvalue weighted by atomic mass is 35.5. The molecule has 3 nitrogen and oxygen atoms in total. The average molecular weight is 356 g/mol. The topological polar surface area (TPSA) is 35.4 Å². The molecule has 0 aliphatic rings. The van der Waals surface area contributed by atoms with Crippen molar-refractivity contribution in [2.24, 2.45) is 0 Å². The molecule has 3 aromatic rings. The van der Waals surface area contributed by atoms with Crippen LogP contribution in [0.5, 0.6) is 5.75 Å². The summed E-state index contributed by atoms with van der Waals surface area (Å²) in [4.78, 5) is 3.11. The van der Waals surface area contributed by atoms with E-state index in [0.29, 0.717) is 5.02 Å². The Hall–Kier alpha value is -2.11. The number of aromatic amines is 1. The summed E-state index contributed by atoms with van der Waals surface area (Å²) in [6, 6.07) is 13.4. The van der Waals surface area contributed by atoms with Crippen LogP contribution in [0.2, 0.25) is 5.02 Å². The third-order valence-corrected chi connectivity index (χ3v) is 3.44. The van der Waals surface area contributed by atoms with Crippen LogP contribution in [-0.4, -0.2) is 5.57 Å². The van der Waals surface area contributed by atoms with Gasteiger partial charge >= 0.3 is 5.57 Å². The van der Waals surface area contributed by atoms with Crippen molar-refractivity contribution in [2.75, 3.05) is 5.32 Å². The van der Waals surface area contributed by atoms with E-state index in [1.807, 2.05) is 18.2 Å². The number of aromatic nitrogens is 1. The maximum absolute atomic E-state index is 12.6. The monoisotopic (exact) mass is 355 g/mol. The molecule has 0 bridgehead atoms. The number of pyridine rings is 1. The van der Waals surface area contributed by atoms with Gasteiger partial charge < -0.3 is 10.1 Å². The number of H-pyrrole nitrogens is 1. The van der Waals surface area contributed by atoms with Crippen molar-refractivity contribution in [3.8, 4) is 5.75 Å². The molecule has 0 aliphatic heterocycles. The molecule has 0 fully saturated rings. The molecule has 0 atom stereocenters. The van der Waals surface area contributed by atoms with Crippen LogP contribution in [0.25, 0.3) is 10.9 Å². The molecule has 0 radical (unpaired) electrons. The quantitative estimate of drug-likeness (QED) is 0.651. The van der Waals surface area contributed by atoms with Gasteiger partial charge in [-0.2, -0.15) is 0 Å². The number of anilines is 2. The van der Waals surface area contributed by atoms with Gasteiger partial charge in [-0.15, -0.1) is 8.78 Å². The lowest BCUT2D eigenvalue weighted by atomic mass is 10.2. The van der Waals surface area contributed by atoms with E-state index in [1.165, 1.54) is 12.1 Å². The molecular weight excluding hydrogens is 345 g/mol. The standard InChI is InChI=1S/C16H10Cl2F2N2O/c17-10-1-6-13-14(7-8-21-15(13)9-10)22-11-2-4-12(5-3-11)23-16(18,19)20/h1-9H,(H,21,22)/p+1. The molecular formula is C16H11Cl2F2N2O+. The Balaban J connectivity index is 1.85. The van der Waals surface area contributed by atoms with E-state index in [-0.39, 0.29) is 5.75 Å². The Labute approximate surface area is 140 Å². The number of fused-ring (bicyclic) bond motifs is 1. The maximum atomic E-state index is 12.6. The fourth-order valence-electron chi connectivity index (χ4n) is 2.18. The summed E-state index contributed by atoms with van der Waals surface area (Å²) in [5.74, 6) is -0.0198. The van der Waals surface area contributed by atoms with E-state index in [9.17, 15) is 8.78 Å². The van der Waals surface area contributed by atoms with Gasteiger partial charge in [-0.25, -0.2) is 4.98 Å². The van der Waals surface area contributed by atoms with E-state index in [1.54, 1.807) is 24.4 Å². The number of hydrogen-bond donors (Lipinski definition) is 1. The van der Waals surface area contributed by atoms with Crippen LogP contribution >= 0.6 is 23.2 Å². The van der Waals surface area contributed by atoms with Crippen molar-refractivity contribution in [1.82, 2.24) is 0 Å². The number of alkyl halides is 3. The predicted molar refractivity (Wildman–Crippen MR) is 86.7 cm³/mol. The fraction of sp³-hybridized carbons (Fsp3) is 0.0625. The number of benzene rings is 2. The lowest BCUT2D eigenvalue weighted by molar-refractivity contribution is -0.344. The first-order chi connectivity index (χ1) is 10.9. The molecule has 118 valence electrons. The zero-order chi connectivity index (χ0) is 16.4. The number of nitrogens with one attached hydrogen (secondary N) is 2. The van der Waals surface area contributed by atoms with Crippen molar-refractivity contribution >= 4 is 45.5 Å². The Morgan fingerprint density at radius 1 is 1.04 bits per heavy atom. The highest BCUT2D eigenvalue weighted by Crippen LogP contribution is 2.29. The molecule has 0 amide bonds. The molecule has 0 saturated carbocycles. The summed E-state index contributed by atoms with van der Waals surface area (Å²) < 4.78 is 29.4. The van der Waals surface area contributed by atoms with Crippen LogP contribution in [0.3, 0.4) is 0 Å². The van der Waals surface area contributed by atoms with E-state index in [2.05, 4.69) is 15.0 Å². The lowest BCUT2D eigenvalue weighted by Gasteiger charge is -2.12. The van der Waals surface area contributed by atoms with Gasteiger partial charge in [0, 0.05) is 34.4 Å². The van der Waals surface area contributed by atoms with Gasteiger partial charge in [0.05, 0.1) is 11.1 Å². The van der Waals surface area contributed by atoms with Gasteiger partial charge in [0.25, 0.3) is 0 Å². The number of rotatable bonds is 4. The second-order valence-corrected chi connectivity index (χ2v) is 5.65. The van der Waals surface area contributed by atoms with Crippen molar-refractivity contribution < 1.29 is 18.5 Å². The van der Waals surface area contributed by atoms with Gasteiger partial charge in [0.2, 0.25) is 5.52 Å². The zero-order valence-electron chi connectivity index (χ0n) is 11.6. The fourth-order valence-corrected chi connectivity index (χ4v) is 2.44. The van der Waals surface area contributed by atoms with Crippen molar-refractivity contribution in [3.63, 3.8) is 0 Å². The van der Waals surface area contributed by atoms with Crippen LogP contribution in [0.4, 0.5) is 20.2 Å². The lowest BCUT2D eigenvalue weighted by Crippen LogP contribution is -2.15. The first-order valence-electron chi connectivity index (χ1n) is 6.63. The minimum atomic E-state index is -3.72. The third-order valence-electron chi connectivity index (χ3n) is 3.13. The van der Waals surface area contributed by atoms with Crippen LogP contribution in [0.1, 0.15) is 0 Å². The van der Waals surface area contributed by atoms with Crippen LogP contribution in [0, 0.1) is 0 Å². The molecule has 1 heterocycles. The van der Waals surface area contributed by atoms with E-state index < -0.39 is 5.57 Å². The Morgan fingerprint density at radius 3 is 2.48 bits per heavy atom. The molecule has 2 N–H and O–H groups in total. The molecule has 1 aromatic heterocycles. The summed E-state index contributed by atoms with van der Waals surface area (Å²) in [7, 11) is 0.